The van der Waals surface area contributed by atoms with Gasteiger partial charge in [-0.1, -0.05) is 18.2 Å². The minimum atomic E-state index is -0.624. The van der Waals surface area contributed by atoms with Crippen molar-refractivity contribution in [2.75, 3.05) is 11.9 Å². The Morgan fingerprint density at radius 1 is 1.27 bits per heavy atom. The van der Waals surface area contributed by atoms with Gasteiger partial charge in [0, 0.05) is 33.3 Å². The average molecular weight is 444 g/mol. The molecule has 0 bridgehead atoms. The van der Waals surface area contributed by atoms with Gasteiger partial charge >= 0.3 is 5.97 Å². The molecule has 30 heavy (non-hydrogen) atoms. The Bertz CT molecular complexity index is 1070. The molecule has 0 saturated carbocycles. The molecule has 2 aromatic carbocycles. The summed E-state index contributed by atoms with van der Waals surface area (Å²) >= 11 is 2.96. The van der Waals surface area contributed by atoms with Crippen molar-refractivity contribution in [3.63, 3.8) is 0 Å². The smallest absolute Gasteiger partial charge is 0.339 e. The van der Waals surface area contributed by atoms with Gasteiger partial charge in [0.1, 0.15) is 0 Å². The van der Waals surface area contributed by atoms with E-state index in [0.29, 0.717) is 16.9 Å². The minimum Gasteiger partial charge on any atom is -0.452 e. The van der Waals surface area contributed by atoms with Gasteiger partial charge < -0.3 is 10.1 Å². The zero-order chi connectivity index (χ0) is 21.5. The van der Waals surface area contributed by atoms with Crippen LogP contribution in [0.3, 0.4) is 0 Å². The van der Waals surface area contributed by atoms with E-state index in [9.17, 15) is 19.7 Å². The van der Waals surface area contributed by atoms with Crippen molar-refractivity contribution in [1.82, 2.24) is 4.98 Å². The molecule has 3 rings (SSSR count). The third-order valence-corrected chi connectivity index (χ3v) is 5.73. The van der Waals surface area contributed by atoms with Gasteiger partial charge in [-0.3, -0.25) is 14.9 Å². The lowest BCUT2D eigenvalue weighted by Gasteiger charge is -2.10. The highest BCUT2D eigenvalue weighted by atomic mass is 32.2. The lowest BCUT2D eigenvalue weighted by molar-refractivity contribution is -0.385. The highest BCUT2D eigenvalue weighted by Gasteiger charge is 2.16. The van der Waals surface area contributed by atoms with E-state index in [1.807, 2.05) is 11.4 Å². The van der Waals surface area contributed by atoms with E-state index < -0.39 is 23.4 Å². The summed E-state index contributed by atoms with van der Waals surface area (Å²) in [7, 11) is 0. The predicted molar refractivity (Wildman–Crippen MR) is 115 cm³/mol. The number of nitrogens with one attached hydrogen (secondary N) is 1. The maximum atomic E-state index is 12.5. The number of aromatic nitrogens is 1. The standard InChI is InChI=1S/C20H17N3O5S2/c1-13-6-7-14(8-17(13)23(26)27)22-19(24)9-28-20(25)16-4-2-3-5-18(16)30-11-15-10-29-12-21-15/h2-8,10,12H,9,11H2,1H3,(H,22,24). The van der Waals surface area contributed by atoms with Crippen molar-refractivity contribution in [2.45, 2.75) is 17.6 Å². The van der Waals surface area contributed by atoms with E-state index in [0.717, 1.165) is 10.6 Å². The number of ether oxygens (including phenoxy) is 1. The summed E-state index contributed by atoms with van der Waals surface area (Å²) in [4.78, 5) is 40.0. The largest absolute Gasteiger partial charge is 0.452 e. The number of carbonyl (C=O) groups is 2. The molecule has 1 N–H and O–H groups in total. The van der Waals surface area contributed by atoms with E-state index in [1.54, 1.807) is 36.7 Å². The molecule has 0 saturated heterocycles. The fourth-order valence-corrected chi connectivity index (χ4v) is 4.12. The molecule has 3 aromatic rings. The maximum absolute atomic E-state index is 12.5. The van der Waals surface area contributed by atoms with Gasteiger partial charge in [-0.15, -0.1) is 23.1 Å². The fourth-order valence-electron chi connectivity index (χ4n) is 2.51. The van der Waals surface area contributed by atoms with Crippen LogP contribution in [0.2, 0.25) is 0 Å². The summed E-state index contributed by atoms with van der Waals surface area (Å²) in [6.07, 6.45) is 0. The average Bonchev–Trinajstić information content (AvgIpc) is 3.25. The molecule has 0 aliphatic carbocycles. The van der Waals surface area contributed by atoms with Crippen LogP contribution in [0.25, 0.3) is 0 Å². The Hall–Kier alpha value is -3.24. The number of amides is 1. The number of thioether (sulfide) groups is 1. The van der Waals surface area contributed by atoms with Gasteiger partial charge in [-0.25, -0.2) is 9.78 Å². The minimum absolute atomic E-state index is 0.101. The van der Waals surface area contributed by atoms with Gasteiger partial charge in [-0.2, -0.15) is 0 Å². The van der Waals surface area contributed by atoms with Gasteiger partial charge in [0.05, 0.1) is 21.7 Å². The van der Waals surface area contributed by atoms with E-state index in [1.165, 1.54) is 35.2 Å². The maximum Gasteiger partial charge on any atom is 0.339 e. The number of hydrogen-bond donors (Lipinski definition) is 1. The lowest BCUT2D eigenvalue weighted by atomic mass is 10.2. The van der Waals surface area contributed by atoms with Crippen LogP contribution in [-0.4, -0.2) is 28.4 Å². The van der Waals surface area contributed by atoms with Crippen molar-refractivity contribution in [1.29, 1.82) is 0 Å². The van der Waals surface area contributed by atoms with Crippen molar-refractivity contribution in [3.05, 3.63) is 80.3 Å². The Labute approximate surface area is 180 Å². The summed E-state index contributed by atoms with van der Waals surface area (Å²) in [6, 6.07) is 11.3. The monoisotopic (exact) mass is 443 g/mol. The SMILES string of the molecule is Cc1ccc(NC(=O)COC(=O)c2ccccc2SCc2cscn2)cc1[N+](=O)[O-]. The second-order valence-corrected chi connectivity index (χ2v) is 7.88. The predicted octanol–water partition coefficient (Wildman–Crippen LogP) is 4.45. The molecule has 8 nitrogen and oxygen atoms in total. The first-order chi connectivity index (χ1) is 14.4. The molecule has 0 radical (unpaired) electrons. The Kier molecular flexibility index (Phi) is 7.15. The molecule has 0 unspecified atom stereocenters. The molecule has 0 spiro atoms. The van der Waals surface area contributed by atoms with E-state index in [2.05, 4.69) is 10.3 Å². The van der Waals surface area contributed by atoms with Crippen LogP contribution < -0.4 is 5.32 Å². The van der Waals surface area contributed by atoms with Crippen LogP contribution in [-0.2, 0) is 15.3 Å². The molecule has 0 atom stereocenters. The number of aryl methyl sites for hydroxylation is 1. The number of carbonyl (C=O) groups excluding carboxylic acids is 2. The van der Waals surface area contributed by atoms with Gasteiger partial charge in [0.15, 0.2) is 6.61 Å². The van der Waals surface area contributed by atoms with Gasteiger partial charge in [0.2, 0.25) is 0 Å². The number of esters is 1. The number of thiazole rings is 1. The van der Waals surface area contributed by atoms with Crippen LogP contribution in [0.4, 0.5) is 11.4 Å². The quantitative estimate of drug-likeness (QED) is 0.237. The Morgan fingerprint density at radius 3 is 2.80 bits per heavy atom. The topological polar surface area (TPSA) is 111 Å². The molecular weight excluding hydrogens is 426 g/mol. The third kappa shape index (κ3) is 5.65. The van der Waals surface area contributed by atoms with E-state index in [-0.39, 0.29) is 11.4 Å². The van der Waals surface area contributed by atoms with Crippen molar-refractivity contribution in [3.8, 4) is 0 Å². The number of anilines is 1. The number of rotatable bonds is 8. The number of nitro benzene ring substituents is 1. The molecular formula is C20H17N3O5S2. The fraction of sp³-hybridized carbons (Fsp3) is 0.150. The van der Waals surface area contributed by atoms with Crippen LogP contribution in [0.15, 0.2) is 58.3 Å². The second kappa shape index (κ2) is 9.99. The highest BCUT2D eigenvalue weighted by molar-refractivity contribution is 7.98. The van der Waals surface area contributed by atoms with Crippen LogP contribution in [0.1, 0.15) is 21.6 Å². The molecule has 10 heteroatoms. The third-order valence-electron chi connectivity index (χ3n) is 3.99. The summed E-state index contributed by atoms with van der Waals surface area (Å²) in [6.45, 7) is 1.10. The molecule has 0 aliphatic rings. The number of benzene rings is 2. The van der Waals surface area contributed by atoms with Crippen LogP contribution in [0.5, 0.6) is 0 Å². The van der Waals surface area contributed by atoms with E-state index >= 15 is 0 Å². The number of nitrogens with zero attached hydrogens (tertiary/aromatic N) is 2. The zero-order valence-electron chi connectivity index (χ0n) is 15.9. The number of nitro groups is 1. The molecule has 154 valence electrons. The van der Waals surface area contributed by atoms with E-state index in [4.69, 9.17) is 4.74 Å². The van der Waals surface area contributed by atoms with Crippen molar-refractivity contribution in [2.24, 2.45) is 0 Å². The zero-order valence-corrected chi connectivity index (χ0v) is 17.5. The summed E-state index contributed by atoms with van der Waals surface area (Å²) in [5.74, 6) is -0.601. The molecule has 0 aliphatic heterocycles. The van der Waals surface area contributed by atoms with Crippen molar-refractivity contribution < 1.29 is 19.2 Å². The van der Waals surface area contributed by atoms with Crippen LogP contribution in [0, 0.1) is 17.0 Å². The first kappa shape index (κ1) is 21.5. The second-order valence-electron chi connectivity index (χ2n) is 6.15. The molecule has 1 amide bonds. The molecule has 0 fully saturated rings. The summed E-state index contributed by atoms with van der Waals surface area (Å²) in [5.41, 5.74) is 3.66. The Balaban J connectivity index is 1.58. The van der Waals surface area contributed by atoms with Gasteiger partial charge in [0.25, 0.3) is 11.6 Å². The first-order valence-corrected chi connectivity index (χ1v) is 10.7. The lowest BCUT2D eigenvalue weighted by Crippen LogP contribution is -2.21. The Morgan fingerprint density at radius 2 is 2.07 bits per heavy atom. The summed E-state index contributed by atoms with van der Waals surface area (Å²) in [5, 5.41) is 15.4. The van der Waals surface area contributed by atoms with Crippen LogP contribution >= 0.6 is 23.1 Å². The normalized spacial score (nSPS) is 10.4. The summed E-state index contributed by atoms with van der Waals surface area (Å²) < 4.78 is 5.13. The molecule has 1 aromatic heterocycles. The first-order valence-electron chi connectivity index (χ1n) is 8.75. The number of hydrogen-bond acceptors (Lipinski definition) is 8. The highest BCUT2D eigenvalue weighted by Crippen LogP contribution is 2.27. The molecule has 1 heterocycles. The van der Waals surface area contributed by atoms with Crippen molar-refractivity contribution >= 4 is 46.3 Å². The van der Waals surface area contributed by atoms with Gasteiger partial charge in [-0.05, 0) is 25.1 Å².